The van der Waals surface area contributed by atoms with Gasteiger partial charge in [-0.3, -0.25) is 9.69 Å². The van der Waals surface area contributed by atoms with Crippen molar-refractivity contribution in [1.82, 2.24) is 9.80 Å². The van der Waals surface area contributed by atoms with Gasteiger partial charge in [-0.15, -0.1) is 0 Å². The fourth-order valence-electron chi connectivity index (χ4n) is 2.99. The van der Waals surface area contributed by atoms with Crippen LogP contribution in [0.4, 0.5) is 0 Å². The molecule has 4 nitrogen and oxygen atoms in total. The molecule has 1 saturated heterocycles. The Hall–Kier alpha value is -0.610. The smallest absolute Gasteiger partial charge is 0.308 e. The minimum atomic E-state index is -0.598. The van der Waals surface area contributed by atoms with Crippen molar-refractivity contribution >= 4 is 5.97 Å². The molecule has 2 atom stereocenters. The third-order valence-corrected chi connectivity index (χ3v) is 4.03. The summed E-state index contributed by atoms with van der Waals surface area (Å²) in [6.07, 6.45) is 5.43. The molecule has 1 aliphatic carbocycles. The van der Waals surface area contributed by atoms with Gasteiger partial charge in [-0.25, -0.2) is 0 Å². The van der Waals surface area contributed by atoms with E-state index in [1.165, 1.54) is 12.8 Å². The second-order valence-corrected chi connectivity index (χ2v) is 5.72. The van der Waals surface area contributed by atoms with Crippen LogP contribution in [0.3, 0.4) is 0 Å². The third-order valence-electron chi connectivity index (χ3n) is 4.03. The molecule has 2 rings (SSSR count). The molecule has 0 unspecified atom stereocenters. The number of piperidine rings is 1. The van der Waals surface area contributed by atoms with Gasteiger partial charge in [-0.2, -0.15) is 0 Å². The van der Waals surface area contributed by atoms with E-state index in [1.54, 1.807) is 0 Å². The van der Waals surface area contributed by atoms with Crippen molar-refractivity contribution in [2.24, 2.45) is 5.92 Å². The first-order valence-corrected chi connectivity index (χ1v) is 6.73. The van der Waals surface area contributed by atoms with E-state index < -0.39 is 5.97 Å². The highest BCUT2D eigenvalue weighted by atomic mass is 16.4. The highest BCUT2D eigenvalue weighted by Gasteiger charge is 2.41. The third kappa shape index (κ3) is 3.19. The molecular formula is C13H24N2O2. The molecule has 1 N–H and O–H groups in total. The molecule has 0 amide bonds. The van der Waals surface area contributed by atoms with Gasteiger partial charge in [0.25, 0.3) is 0 Å². The Morgan fingerprint density at radius 3 is 2.59 bits per heavy atom. The molecule has 0 aromatic carbocycles. The van der Waals surface area contributed by atoms with Gasteiger partial charge in [0, 0.05) is 12.1 Å². The fraction of sp³-hybridized carbons (Fsp3) is 0.923. The van der Waals surface area contributed by atoms with Gasteiger partial charge in [0.1, 0.15) is 0 Å². The van der Waals surface area contributed by atoms with Crippen molar-refractivity contribution in [1.29, 1.82) is 0 Å². The summed E-state index contributed by atoms with van der Waals surface area (Å²) in [5, 5.41) is 9.35. The standard InChI is InChI=1S/C13H24N2O2/c1-14(2)9-7-12-11(13(16)17)4-3-8-15(12)10-5-6-10/h10-12H,3-9H2,1-2H3,(H,16,17)/t11-,12+/m0/s1. The van der Waals surface area contributed by atoms with Crippen LogP contribution in [0.2, 0.25) is 0 Å². The average Bonchev–Trinajstić information content (AvgIpc) is 3.09. The lowest BCUT2D eigenvalue weighted by Crippen LogP contribution is -2.50. The minimum absolute atomic E-state index is 0.149. The van der Waals surface area contributed by atoms with E-state index in [4.69, 9.17) is 0 Å². The quantitative estimate of drug-likeness (QED) is 0.786. The second-order valence-electron chi connectivity index (χ2n) is 5.72. The van der Waals surface area contributed by atoms with Crippen LogP contribution < -0.4 is 0 Å². The van der Waals surface area contributed by atoms with E-state index in [9.17, 15) is 9.90 Å². The summed E-state index contributed by atoms with van der Waals surface area (Å²) in [4.78, 5) is 16.0. The van der Waals surface area contributed by atoms with E-state index >= 15 is 0 Å². The lowest BCUT2D eigenvalue weighted by molar-refractivity contribution is -0.146. The summed E-state index contributed by atoms with van der Waals surface area (Å²) in [5.74, 6) is -0.747. The Kier molecular flexibility index (Phi) is 4.05. The molecule has 0 bridgehead atoms. The van der Waals surface area contributed by atoms with E-state index in [-0.39, 0.29) is 12.0 Å². The van der Waals surface area contributed by atoms with Crippen LogP contribution in [0.15, 0.2) is 0 Å². The minimum Gasteiger partial charge on any atom is -0.481 e. The Morgan fingerprint density at radius 2 is 2.06 bits per heavy atom. The lowest BCUT2D eigenvalue weighted by atomic mass is 9.87. The largest absolute Gasteiger partial charge is 0.481 e. The number of hydrogen-bond acceptors (Lipinski definition) is 3. The Balaban J connectivity index is 2.01. The van der Waals surface area contributed by atoms with Crippen LogP contribution in [-0.4, -0.2) is 60.1 Å². The zero-order chi connectivity index (χ0) is 12.4. The lowest BCUT2D eigenvalue weighted by Gasteiger charge is -2.40. The number of aliphatic carboxylic acids is 1. The van der Waals surface area contributed by atoms with E-state index in [1.807, 2.05) is 0 Å². The first-order valence-electron chi connectivity index (χ1n) is 6.73. The van der Waals surface area contributed by atoms with Crippen molar-refractivity contribution in [3.8, 4) is 0 Å². The van der Waals surface area contributed by atoms with Crippen LogP contribution in [0.25, 0.3) is 0 Å². The number of likely N-dealkylation sites (tertiary alicyclic amines) is 1. The Morgan fingerprint density at radius 1 is 1.35 bits per heavy atom. The molecule has 1 heterocycles. The number of hydrogen-bond donors (Lipinski definition) is 1. The molecule has 4 heteroatoms. The van der Waals surface area contributed by atoms with Crippen LogP contribution in [0, 0.1) is 5.92 Å². The van der Waals surface area contributed by atoms with Gasteiger partial charge in [0.15, 0.2) is 0 Å². The van der Waals surface area contributed by atoms with Gasteiger partial charge in [-0.05, 0) is 59.3 Å². The average molecular weight is 240 g/mol. The van der Waals surface area contributed by atoms with Crippen LogP contribution in [-0.2, 0) is 4.79 Å². The maximum atomic E-state index is 11.4. The number of nitrogens with zero attached hydrogens (tertiary/aromatic N) is 2. The second kappa shape index (κ2) is 5.36. The molecule has 2 fully saturated rings. The maximum Gasteiger partial charge on any atom is 0.308 e. The zero-order valence-electron chi connectivity index (χ0n) is 10.9. The van der Waals surface area contributed by atoms with Crippen LogP contribution >= 0.6 is 0 Å². The monoisotopic (exact) mass is 240 g/mol. The Bertz CT molecular complexity index is 277. The predicted octanol–water partition coefficient (Wildman–Crippen LogP) is 1.27. The van der Waals surface area contributed by atoms with Gasteiger partial charge in [-0.1, -0.05) is 0 Å². The summed E-state index contributed by atoms with van der Waals surface area (Å²) < 4.78 is 0. The summed E-state index contributed by atoms with van der Waals surface area (Å²) in [5.41, 5.74) is 0. The number of carboxylic acids is 1. The molecule has 0 spiro atoms. The van der Waals surface area contributed by atoms with E-state index in [2.05, 4.69) is 23.9 Å². The zero-order valence-corrected chi connectivity index (χ0v) is 10.9. The topological polar surface area (TPSA) is 43.8 Å². The maximum absolute atomic E-state index is 11.4. The van der Waals surface area contributed by atoms with Gasteiger partial charge >= 0.3 is 5.97 Å². The van der Waals surface area contributed by atoms with Crippen molar-refractivity contribution < 1.29 is 9.90 Å². The molecule has 98 valence electrons. The van der Waals surface area contributed by atoms with E-state index in [0.29, 0.717) is 6.04 Å². The van der Waals surface area contributed by atoms with Crippen molar-refractivity contribution in [3.05, 3.63) is 0 Å². The van der Waals surface area contributed by atoms with Crippen molar-refractivity contribution in [2.45, 2.75) is 44.2 Å². The van der Waals surface area contributed by atoms with Crippen molar-refractivity contribution in [3.63, 3.8) is 0 Å². The molecular weight excluding hydrogens is 216 g/mol. The SMILES string of the molecule is CN(C)CC[C@@H]1[C@@H](C(=O)O)CCCN1C1CC1. The molecule has 0 radical (unpaired) electrons. The first kappa shape index (κ1) is 12.8. The fourth-order valence-corrected chi connectivity index (χ4v) is 2.99. The molecule has 1 saturated carbocycles. The van der Waals surface area contributed by atoms with Crippen molar-refractivity contribution in [2.75, 3.05) is 27.2 Å². The van der Waals surface area contributed by atoms with Crippen LogP contribution in [0.5, 0.6) is 0 Å². The number of carbonyl (C=O) groups is 1. The van der Waals surface area contributed by atoms with Crippen LogP contribution in [0.1, 0.15) is 32.1 Å². The van der Waals surface area contributed by atoms with Gasteiger partial charge < -0.3 is 10.0 Å². The highest BCUT2D eigenvalue weighted by molar-refractivity contribution is 5.71. The summed E-state index contributed by atoms with van der Waals surface area (Å²) in [7, 11) is 4.11. The number of rotatable bonds is 5. The number of carboxylic acid groups (broad SMARTS) is 1. The molecule has 2 aliphatic rings. The van der Waals surface area contributed by atoms with E-state index in [0.717, 1.165) is 32.4 Å². The highest BCUT2D eigenvalue weighted by Crippen LogP contribution is 2.36. The summed E-state index contributed by atoms with van der Waals surface area (Å²) >= 11 is 0. The summed E-state index contributed by atoms with van der Waals surface area (Å²) in [6.45, 7) is 2.09. The first-order chi connectivity index (χ1) is 8.09. The predicted molar refractivity (Wildman–Crippen MR) is 67.0 cm³/mol. The summed E-state index contributed by atoms with van der Waals surface area (Å²) in [6, 6.07) is 0.945. The van der Waals surface area contributed by atoms with Gasteiger partial charge in [0.05, 0.1) is 5.92 Å². The molecule has 0 aromatic heterocycles. The normalized spacial score (nSPS) is 30.8. The Labute approximate surface area is 104 Å². The molecule has 1 aliphatic heterocycles. The molecule has 17 heavy (non-hydrogen) atoms. The molecule has 0 aromatic rings. The van der Waals surface area contributed by atoms with Gasteiger partial charge in [0.2, 0.25) is 0 Å².